The molecule has 6 nitrogen and oxygen atoms in total. The Labute approximate surface area is 232 Å². The van der Waals surface area contributed by atoms with Crippen LogP contribution in [0.15, 0.2) is 60.7 Å². The highest BCUT2D eigenvalue weighted by atomic mass is 35.5. The molecule has 1 aliphatic heterocycles. The van der Waals surface area contributed by atoms with Crippen LogP contribution < -0.4 is 0 Å². The number of nitrogens with zero attached hydrogens (tertiary/aromatic N) is 3. The minimum atomic E-state index is -0.266. The Morgan fingerprint density at radius 1 is 0.946 bits per heavy atom. The third-order valence-electron chi connectivity index (χ3n) is 6.22. The average Bonchev–Trinajstić information content (AvgIpc) is 3.30. The summed E-state index contributed by atoms with van der Waals surface area (Å²) in [5, 5.41) is 0.767. The number of thiophene rings is 1. The Kier molecular flexibility index (Phi) is 10.00. The number of carbonyl (C=O) groups is 2. The Hall–Kier alpha value is -2.42. The molecule has 2 aromatic carbocycles. The number of hydrogen-bond donors (Lipinski definition) is 0. The zero-order valence-electron chi connectivity index (χ0n) is 20.9. The molecule has 0 unspecified atom stereocenters. The van der Waals surface area contributed by atoms with E-state index in [9.17, 15) is 9.59 Å². The van der Waals surface area contributed by atoms with Gasteiger partial charge in [0.1, 0.15) is 6.54 Å². The fourth-order valence-electron chi connectivity index (χ4n) is 4.26. The Balaban J connectivity index is 1.54. The lowest BCUT2D eigenvalue weighted by atomic mass is 10.2. The Morgan fingerprint density at radius 2 is 1.65 bits per heavy atom. The first-order chi connectivity index (χ1) is 17.9. The van der Waals surface area contributed by atoms with E-state index in [0.717, 1.165) is 23.5 Å². The molecule has 0 spiro atoms. The molecule has 0 saturated carbocycles. The van der Waals surface area contributed by atoms with Crippen LogP contribution in [0.5, 0.6) is 0 Å². The Bertz CT molecular complexity index is 1180. The molecule has 4 rings (SSSR count). The lowest BCUT2D eigenvalue weighted by molar-refractivity contribution is -0.133. The maximum absolute atomic E-state index is 13.7. The van der Waals surface area contributed by atoms with Crippen molar-refractivity contribution in [2.45, 2.75) is 20.0 Å². The van der Waals surface area contributed by atoms with E-state index in [1.54, 1.807) is 34.4 Å². The first kappa shape index (κ1) is 27.6. The highest BCUT2D eigenvalue weighted by molar-refractivity contribution is 7.11. The van der Waals surface area contributed by atoms with Gasteiger partial charge in [0.25, 0.3) is 5.91 Å². The quantitative estimate of drug-likeness (QED) is 0.335. The van der Waals surface area contributed by atoms with Gasteiger partial charge in [-0.15, -0.1) is 11.3 Å². The molecule has 0 bridgehead atoms. The van der Waals surface area contributed by atoms with Gasteiger partial charge in [-0.25, -0.2) is 0 Å². The topological polar surface area (TPSA) is 53.1 Å². The van der Waals surface area contributed by atoms with Crippen molar-refractivity contribution >= 4 is 46.4 Å². The molecule has 3 aromatic rings. The number of morpholine rings is 1. The third-order valence-corrected chi connectivity index (χ3v) is 7.65. The zero-order chi connectivity index (χ0) is 26.2. The predicted octanol–water partition coefficient (Wildman–Crippen LogP) is 5.37. The van der Waals surface area contributed by atoms with Gasteiger partial charge in [-0.3, -0.25) is 14.5 Å². The smallest absolute Gasteiger partial charge is 0.254 e. The Morgan fingerprint density at radius 3 is 2.30 bits per heavy atom. The first-order valence-corrected chi connectivity index (χ1v) is 13.9. The van der Waals surface area contributed by atoms with E-state index in [1.807, 2.05) is 35.2 Å². The summed E-state index contributed by atoms with van der Waals surface area (Å²) in [5.74, 6) is -0.379. The predicted molar refractivity (Wildman–Crippen MR) is 149 cm³/mol. The van der Waals surface area contributed by atoms with Crippen LogP contribution in [-0.4, -0.2) is 72.5 Å². The summed E-state index contributed by atoms with van der Waals surface area (Å²) in [4.78, 5) is 35.3. The molecular weight excluding hydrogens is 529 g/mol. The van der Waals surface area contributed by atoms with E-state index in [2.05, 4.69) is 24.0 Å². The van der Waals surface area contributed by atoms with Crippen molar-refractivity contribution in [1.29, 1.82) is 0 Å². The summed E-state index contributed by atoms with van der Waals surface area (Å²) in [6, 6.07) is 18.8. The van der Waals surface area contributed by atoms with Crippen LogP contribution in [-0.2, 0) is 22.6 Å². The molecule has 0 radical (unpaired) electrons. The van der Waals surface area contributed by atoms with Crippen LogP contribution in [0.3, 0.4) is 0 Å². The summed E-state index contributed by atoms with van der Waals surface area (Å²) in [7, 11) is 0. The lowest BCUT2D eigenvalue weighted by Crippen LogP contribution is -2.47. The molecule has 196 valence electrons. The molecule has 1 fully saturated rings. The fraction of sp³-hybridized carbons (Fsp3) is 0.357. The molecule has 2 amide bonds. The van der Waals surface area contributed by atoms with E-state index in [0.29, 0.717) is 55.0 Å². The molecule has 1 saturated heterocycles. The lowest BCUT2D eigenvalue weighted by Gasteiger charge is -2.31. The molecule has 0 atom stereocenters. The summed E-state index contributed by atoms with van der Waals surface area (Å²) >= 11 is 14.0. The van der Waals surface area contributed by atoms with Gasteiger partial charge in [0, 0.05) is 58.1 Å². The normalized spacial score (nSPS) is 13.9. The van der Waals surface area contributed by atoms with Crippen LogP contribution in [0.4, 0.5) is 0 Å². The minimum absolute atomic E-state index is 0.0372. The van der Waals surface area contributed by atoms with Crippen molar-refractivity contribution in [3.8, 4) is 0 Å². The van der Waals surface area contributed by atoms with Gasteiger partial charge in [-0.2, -0.15) is 0 Å². The largest absolute Gasteiger partial charge is 0.379 e. The molecule has 0 N–H and O–H groups in total. The second-order valence-corrected chi connectivity index (χ2v) is 11.3. The number of carbonyl (C=O) groups excluding carboxylic acids is 2. The van der Waals surface area contributed by atoms with E-state index in [1.165, 1.54) is 4.88 Å². The van der Waals surface area contributed by atoms with Gasteiger partial charge >= 0.3 is 0 Å². The van der Waals surface area contributed by atoms with Gasteiger partial charge < -0.3 is 14.5 Å². The number of halogens is 2. The first-order valence-electron chi connectivity index (χ1n) is 12.3. The molecule has 9 heteroatoms. The van der Waals surface area contributed by atoms with Crippen LogP contribution >= 0.6 is 34.5 Å². The molecule has 0 aliphatic carbocycles. The van der Waals surface area contributed by atoms with Crippen LogP contribution in [0.1, 0.15) is 25.7 Å². The third kappa shape index (κ3) is 8.28. The van der Waals surface area contributed by atoms with Crippen molar-refractivity contribution in [1.82, 2.24) is 14.7 Å². The van der Waals surface area contributed by atoms with Crippen molar-refractivity contribution in [2.75, 3.05) is 45.9 Å². The average molecular weight is 561 g/mol. The van der Waals surface area contributed by atoms with E-state index in [-0.39, 0.29) is 18.4 Å². The van der Waals surface area contributed by atoms with Crippen LogP contribution in [0.2, 0.25) is 10.0 Å². The fourth-order valence-corrected chi connectivity index (χ4v) is 5.69. The number of amides is 2. The maximum atomic E-state index is 13.7. The van der Waals surface area contributed by atoms with E-state index < -0.39 is 0 Å². The number of hydrogen-bond acceptors (Lipinski definition) is 5. The summed E-state index contributed by atoms with van der Waals surface area (Å²) in [6.07, 6.45) is 0. The van der Waals surface area contributed by atoms with Crippen molar-refractivity contribution in [3.05, 3.63) is 91.6 Å². The standard InChI is InChI=1S/C28H31Cl2N3O3S/c1-21-7-8-26(37-21)19-33(18-22-5-3-2-4-6-22)27(34)20-32(10-9-31-11-13-36-14-12-31)28(35)23-15-24(29)17-25(30)16-23/h2-8,15-17H,9-14,18-20H2,1H3. The second kappa shape index (κ2) is 13.4. The van der Waals surface area contributed by atoms with Crippen molar-refractivity contribution in [3.63, 3.8) is 0 Å². The summed E-state index contributed by atoms with van der Waals surface area (Å²) < 4.78 is 5.45. The van der Waals surface area contributed by atoms with Gasteiger partial charge in [0.15, 0.2) is 0 Å². The monoisotopic (exact) mass is 559 g/mol. The molecular formula is C28H31Cl2N3O3S. The number of rotatable bonds is 10. The van der Waals surface area contributed by atoms with Gasteiger partial charge in [0.2, 0.25) is 5.91 Å². The molecule has 2 heterocycles. The van der Waals surface area contributed by atoms with Gasteiger partial charge in [0.05, 0.1) is 19.8 Å². The molecule has 1 aromatic heterocycles. The maximum Gasteiger partial charge on any atom is 0.254 e. The molecule has 1 aliphatic rings. The summed E-state index contributed by atoms with van der Waals surface area (Å²) in [6.45, 7) is 6.97. The highest BCUT2D eigenvalue weighted by Gasteiger charge is 2.25. The van der Waals surface area contributed by atoms with Crippen molar-refractivity contribution < 1.29 is 14.3 Å². The minimum Gasteiger partial charge on any atom is -0.379 e. The van der Waals surface area contributed by atoms with Crippen molar-refractivity contribution in [2.24, 2.45) is 0 Å². The van der Waals surface area contributed by atoms with Crippen LogP contribution in [0.25, 0.3) is 0 Å². The molecule has 37 heavy (non-hydrogen) atoms. The van der Waals surface area contributed by atoms with E-state index >= 15 is 0 Å². The van der Waals surface area contributed by atoms with Gasteiger partial charge in [-0.05, 0) is 42.8 Å². The zero-order valence-corrected chi connectivity index (χ0v) is 23.2. The summed E-state index contributed by atoms with van der Waals surface area (Å²) in [5.41, 5.74) is 1.41. The van der Waals surface area contributed by atoms with E-state index in [4.69, 9.17) is 27.9 Å². The SMILES string of the molecule is Cc1ccc(CN(Cc2ccccc2)C(=O)CN(CCN2CCOCC2)C(=O)c2cc(Cl)cc(Cl)c2)s1. The number of ether oxygens (including phenoxy) is 1. The highest BCUT2D eigenvalue weighted by Crippen LogP contribution is 2.22. The number of aryl methyl sites for hydroxylation is 1. The second-order valence-electron chi connectivity index (χ2n) is 9.09. The number of benzene rings is 2. The van der Waals surface area contributed by atoms with Crippen LogP contribution in [0, 0.1) is 6.92 Å². The van der Waals surface area contributed by atoms with Gasteiger partial charge in [-0.1, -0.05) is 53.5 Å².